The lowest BCUT2D eigenvalue weighted by Crippen LogP contribution is -2.39. The summed E-state index contributed by atoms with van der Waals surface area (Å²) in [5, 5.41) is 0. The Hall–Kier alpha value is -3.88. The van der Waals surface area contributed by atoms with Gasteiger partial charge in [0.15, 0.2) is 23.8 Å². The number of allylic oxidation sites excluding steroid dienone is 20. The molecule has 56 heavy (non-hydrogen) atoms. The first-order valence-electron chi connectivity index (χ1n) is 19.3. The molecule has 0 saturated heterocycles. The molecule has 2 aliphatic rings. The van der Waals surface area contributed by atoms with Crippen LogP contribution >= 0.6 is 23.5 Å². The van der Waals surface area contributed by atoms with Gasteiger partial charge >= 0.3 is 11.9 Å². The molecule has 0 aromatic carbocycles. The Morgan fingerprint density at radius 3 is 1.25 bits per heavy atom. The van der Waals surface area contributed by atoms with E-state index in [0.717, 1.165) is 33.4 Å². The van der Waals surface area contributed by atoms with Crippen molar-refractivity contribution < 1.29 is 28.7 Å². The quantitative estimate of drug-likeness (QED) is 0.100. The fourth-order valence-electron chi connectivity index (χ4n) is 6.56. The van der Waals surface area contributed by atoms with Crippen LogP contribution in [0.25, 0.3) is 0 Å². The van der Waals surface area contributed by atoms with Crippen molar-refractivity contribution in [1.82, 2.24) is 0 Å². The zero-order valence-electron chi connectivity index (χ0n) is 35.7. The second-order valence-electron chi connectivity index (χ2n) is 15.8. The van der Waals surface area contributed by atoms with E-state index in [-0.39, 0.29) is 34.3 Å². The van der Waals surface area contributed by atoms with E-state index in [1.54, 1.807) is 23.5 Å². The van der Waals surface area contributed by atoms with Gasteiger partial charge in [0.25, 0.3) is 0 Å². The number of carbonyl (C=O) groups excluding carboxylic acids is 4. The van der Waals surface area contributed by atoms with E-state index in [2.05, 4.69) is 65.8 Å². The minimum atomic E-state index is -0.723. The largest absolute Gasteiger partial charge is 0.454 e. The van der Waals surface area contributed by atoms with Gasteiger partial charge < -0.3 is 9.47 Å². The van der Waals surface area contributed by atoms with Gasteiger partial charge in [0.2, 0.25) is 0 Å². The van der Waals surface area contributed by atoms with Crippen molar-refractivity contribution in [2.24, 2.45) is 10.8 Å². The average molecular weight is 801 g/mol. The molecular formula is C48H64O6S2. The predicted molar refractivity (Wildman–Crippen MR) is 239 cm³/mol. The zero-order chi connectivity index (χ0) is 42.1. The van der Waals surface area contributed by atoms with Crippen LogP contribution in [0.2, 0.25) is 0 Å². The fraction of sp³-hybridized carbons (Fsp3) is 0.458. The molecule has 8 heteroatoms. The second kappa shape index (κ2) is 23.4. The van der Waals surface area contributed by atoms with Crippen LogP contribution in [-0.4, -0.2) is 59.7 Å². The van der Waals surface area contributed by atoms with Gasteiger partial charge in [-0.25, -0.2) is 0 Å². The summed E-state index contributed by atoms with van der Waals surface area (Å²) in [6.45, 7) is 20.2. The van der Waals surface area contributed by atoms with Crippen LogP contribution in [0.15, 0.2) is 130 Å². The van der Waals surface area contributed by atoms with Crippen molar-refractivity contribution in [3.63, 3.8) is 0 Å². The SMILES string of the molecule is CSCCC(=O)OC1CC(C)(C)C(/C=C/C(C)=C/C=C/C(C)=C/C=C/C=C(C)/C=C/C=C(C)/C=C/C2=C(C)C(=O)C(OC(=O)CCSC)CC2(C)C)=C(C)C1=O. The highest BCUT2D eigenvalue weighted by Gasteiger charge is 2.41. The highest BCUT2D eigenvalue weighted by Crippen LogP contribution is 2.42. The summed E-state index contributed by atoms with van der Waals surface area (Å²) >= 11 is 3.16. The molecule has 0 radical (unpaired) electrons. The molecule has 6 nitrogen and oxygen atoms in total. The number of hydrogen-bond acceptors (Lipinski definition) is 8. The highest BCUT2D eigenvalue weighted by molar-refractivity contribution is 7.98. The molecule has 0 saturated carbocycles. The first-order chi connectivity index (χ1) is 26.3. The van der Waals surface area contributed by atoms with Crippen LogP contribution < -0.4 is 0 Å². The summed E-state index contributed by atoms with van der Waals surface area (Å²) in [5.41, 5.74) is 6.96. The maximum absolute atomic E-state index is 13.0. The van der Waals surface area contributed by atoms with Crippen molar-refractivity contribution in [3.8, 4) is 0 Å². The number of thioether (sulfide) groups is 2. The van der Waals surface area contributed by atoms with Crippen molar-refractivity contribution >= 4 is 47.0 Å². The van der Waals surface area contributed by atoms with E-state index in [1.807, 2.05) is 101 Å². The third kappa shape index (κ3) is 15.9. The number of carbonyl (C=O) groups is 4. The van der Waals surface area contributed by atoms with E-state index >= 15 is 0 Å². The van der Waals surface area contributed by atoms with Gasteiger partial charge in [-0.2, -0.15) is 23.5 Å². The number of Topliss-reactive ketones (excluding diaryl/α,β-unsaturated/α-hetero) is 2. The van der Waals surface area contributed by atoms with Crippen molar-refractivity contribution in [1.29, 1.82) is 0 Å². The Morgan fingerprint density at radius 1 is 0.589 bits per heavy atom. The van der Waals surface area contributed by atoms with Gasteiger partial charge in [0.1, 0.15) is 0 Å². The second-order valence-corrected chi connectivity index (χ2v) is 17.8. The van der Waals surface area contributed by atoms with E-state index < -0.39 is 12.2 Å². The van der Waals surface area contributed by atoms with E-state index in [0.29, 0.717) is 48.3 Å². The van der Waals surface area contributed by atoms with E-state index in [1.165, 1.54) is 0 Å². The molecule has 0 N–H and O–H groups in total. The molecule has 0 bridgehead atoms. The summed E-state index contributed by atoms with van der Waals surface area (Å²) in [6, 6.07) is 0. The van der Waals surface area contributed by atoms with Crippen LogP contribution in [0.3, 0.4) is 0 Å². The lowest BCUT2D eigenvalue weighted by molar-refractivity contribution is -0.155. The van der Waals surface area contributed by atoms with Crippen LogP contribution in [0, 0.1) is 10.8 Å². The van der Waals surface area contributed by atoms with Crippen LogP contribution in [-0.2, 0) is 28.7 Å². The van der Waals surface area contributed by atoms with Crippen LogP contribution in [0.4, 0.5) is 0 Å². The molecule has 0 spiro atoms. The summed E-state index contributed by atoms with van der Waals surface area (Å²) < 4.78 is 11.1. The first kappa shape index (κ1) is 48.3. The molecule has 0 aliphatic heterocycles. The molecule has 2 unspecified atom stereocenters. The molecule has 0 amide bonds. The van der Waals surface area contributed by atoms with Gasteiger partial charge in [0, 0.05) is 24.3 Å². The third-order valence-corrected chi connectivity index (χ3v) is 11.1. The minimum absolute atomic E-state index is 0.111. The average Bonchev–Trinajstić information content (AvgIpc) is 3.12. The molecule has 2 aliphatic carbocycles. The normalized spacial score (nSPS) is 21.6. The number of rotatable bonds is 18. The van der Waals surface area contributed by atoms with E-state index in [4.69, 9.17) is 9.47 Å². The molecule has 304 valence electrons. The van der Waals surface area contributed by atoms with Crippen molar-refractivity contribution in [2.45, 2.75) is 107 Å². The molecular weight excluding hydrogens is 737 g/mol. The van der Waals surface area contributed by atoms with Crippen LogP contribution in [0.1, 0.15) is 94.9 Å². The highest BCUT2D eigenvalue weighted by atomic mass is 32.2. The Bertz CT molecular complexity index is 1670. The fourth-order valence-corrected chi connectivity index (χ4v) is 7.30. The summed E-state index contributed by atoms with van der Waals surface area (Å²) in [4.78, 5) is 50.5. The molecule has 2 rings (SSSR count). The van der Waals surface area contributed by atoms with Gasteiger partial charge in [-0.15, -0.1) is 0 Å². The Labute approximate surface area is 345 Å². The molecule has 2 atom stereocenters. The summed E-state index contributed by atoms with van der Waals surface area (Å²) in [5.74, 6) is 0.508. The smallest absolute Gasteiger partial charge is 0.307 e. The third-order valence-electron chi connectivity index (χ3n) is 9.84. The summed E-state index contributed by atoms with van der Waals surface area (Å²) in [6.07, 6.45) is 32.4. The Balaban J connectivity index is 1.97. The van der Waals surface area contributed by atoms with Gasteiger partial charge in [-0.1, -0.05) is 135 Å². The van der Waals surface area contributed by atoms with Gasteiger partial charge in [0.05, 0.1) is 12.8 Å². The van der Waals surface area contributed by atoms with Gasteiger partial charge in [-0.3, -0.25) is 19.2 Å². The Kier molecular flexibility index (Phi) is 20.1. The number of esters is 2. The maximum Gasteiger partial charge on any atom is 0.307 e. The molecule has 0 aromatic heterocycles. The predicted octanol–water partition coefficient (Wildman–Crippen LogP) is 11.5. The zero-order valence-corrected chi connectivity index (χ0v) is 37.4. The van der Waals surface area contributed by atoms with Crippen molar-refractivity contribution in [3.05, 3.63) is 130 Å². The van der Waals surface area contributed by atoms with Gasteiger partial charge in [-0.05, 0) is 87.2 Å². The molecule has 0 aromatic rings. The molecule has 0 heterocycles. The first-order valence-corrected chi connectivity index (χ1v) is 22.1. The van der Waals surface area contributed by atoms with Crippen LogP contribution in [0.5, 0.6) is 0 Å². The maximum atomic E-state index is 13.0. The number of ether oxygens (including phenoxy) is 2. The lowest BCUT2D eigenvalue weighted by atomic mass is 9.71. The topological polar surface area (TPSA) is 86.7 Å². The minimum Gasteiger partial charge on any atom is -0.454 e. The monoisotopic (exact) mass is 800 g/mol. The number of ketones is 2. The molecule has 0 fully saturated rings. The van der Waals surface area contributed by atoms with Crippen molar-refractivity contribution in [2.75, 3.05) is 24.0 Å². The Morgan fingerprint density at radius 2 is 0.911 bits per heavy atom. The summed E-state index contributed by atoms with van der Waals surface area (Å²) in [7, 11) is 0. The van der Waals surface area contributed by atoms with E-state index in [9.17, 15) is 19.2 Å². The standard InChI is InChI=1S/C48H64O6S2/c1-33(19-15-21-35(3)23-25-39-37(5)45(51)41(31-47(39,7)8)53-43(49)27-29-55-11)17-13-14-18-34(2)20-16-22-36(4)24-26-40-38(6)46(52)42(32-48(40,9)10)54-44(50)28-30-56-12/h13-26,41-42H,27-32H2,1-12H3/b14-13+,19-15+,20-16+,25-23+,26-24+,33-17+,34-18+,35-21+,36-22+. The number of hydrogen-bond donors (Lipinski definition) is 0. The lowest BCUT2D eigenvalue weighted by Gasteiger charge is -2.36.